The fraction of sp³-hybridized carbons (Fsp3) is 0.455. The van der Waals surface area contributed by atoms with Gasteiger partial charge in [0.25, 0.3) is 0 Å². The monoisotopic (exact) mass is 222 g/mol. The molecule has 1 unspecified atom stereocenters. The lowest BCUT2D eigenvalue weighted by molar-refractivity contribution is -0.117. The van der Waals surface area contributed by atoms with Gasteiger partial charge in [0.2, 0.25) is 5.91 Å². The minimum absolute atomic E-state index is 0.159. The molecule has 0 bridgehead atoms. The Morgan fingerprint density at radius 1 is 1.60 bits per heavy atom. The smallest absolute Gasteiger partial charge is 0.228 e. The van der Waals surface area contributed by atoms with E-state index in [4.69, 9.17) is 0 Å². The quantitative estimate of drug-likeness (QED) is 0.772. The number of rotatable bonds is 2. The molecule has 1 aliphatic heterocycles. The average molecular weight is 222 g/mol. The fourth-order valence-electron chi connectivity index (χ4n) is 1.80. The van der Waals surface area contributed by atoms with Gasteiger partial charge in [-0.25, -0.2) is 4.98 Å². The van der Waals surface area contributed by atoms with Gasteiger partial charge < -0.3 is 0 Å². The Bertz CT molecular complexity index is 381. The molecular formula is C11H14N2OS. The third-order valence-corrected chi connectivity index (χ3v) is 3.13. The van der Waals surface area contributed by atoms with Gasteiger partial charge in [-0.05, 0) is 30.7 Å². The zero-order valence-corrected chi connectivity index (χ0v) is 9.58. The molecule has 2 rings (SSSR count). The lowest BCUT2D eigenvalue weighted by Gasteiger charge is -2.15. The van der Waals surface area contributed by atoms with Crippen molar-refractivity contribution in [1.82, 2.24) is 4.98 Å². The highest BCUT2D eigenvalue weighted by Crippen LogP contribution is 2.24. The summed E-state index contributed by atoms with van der Waals surface area (Å²) in [7, 11) is 0. The van der Waals surface area contributed by atoms with Gasteiger partial charge in [-0.2, -0.15) is 12.6 Å². The van der Waals surface area contributed by atoms with E-state index in [2.05, 4.69) is 17.6 Å². The molecule has 1 saturated heterocycles. The highest BCUT2D eigenvalue weighted by molar-refractivity contribution is 7.80. The molecule has 0 radical (unpaired) electrons. The minimum atomic E-state index is 0.159. The van der Waals surface area contributed by atoms with Crippen LogP contribution in [-0.4, -0.2) is 23.2 Å². The second-order valence-electron chi connectivity index (χ2n) is 3.89. The summed E-state index contributed by atoms with van der Waals surface area (Å²) in [5, 5.41) is 0. The Balaban J connectivity index is 2.21. The summed E-state index contributed by atoms with van der Waals surface area (Å²) in [6.45, 7) is 2.68. The molecule has 15 heavy (non-hydrogen) atoms. The second-order valence-corrected chi connectivity index (χ2v) is 4.26. The molecule has 0 aliphatic carbocycles. The van der Waals surface area contributed by atoms with Crippen molar-refractivity contribution in [2.45, 2.75) is 13.3 Å². The van der Waals surface area contributed by atoms with E-state index >= 15 is 0 Å². The number of thiol groups is 1. The molecule has 1 atom stereocenters. The molecule has 1 amide bonds. The summed E-state index contributed by atoms with van der Waals surface area (Å²) in [6, 6.07) is 5.74. The predicted octanol–water partition coefficient (Wildman–Crippen LogP) is 1.67. The molecule has 1 aliphatic rings. The van der Waals surface area contributed by atoms with Crippen molar-refractivity contribution in [2.75, 3.05) is 17.2 Å². The van der Waals surface area contributed by atoms with Gasteiger partial charge in [-0.3, -0.25) is 9.69 Å². The van der Waals surface area contributed by atoms with E-state index in [0.717, 1.165) is 23.8 Å². The first-order chi connectivity index (χ1) is 7.20. The maximum Gasteiger partial charge on any atom is 0.228 e. The molecule has 4 heteroatoms. The number of aromatic nitrogens is 1. The van der Waals surface area contributed by atoms with Gasteiger partial charge in [-0.1, -0.05) is 6.07 Å². The van der Waals surface area contributed by atoms with Crippen LogP contribution < -0.4 is 4.90 Å². The number of hydrogen-bond donors (Lipinski definition) is 1. The lowest BCUT2D eigenvalue weighted by atomic mass is 10.1. The van der Waals surface area contributed by atoms with Crippen molar-refractivity contribution in [3.8, 4) is 0 Å². The molecule has 80 valence electrons. The Labute approximate surface area is 94.9 Å². The van der Waals surface area contributed by atoms with Gasteiger partial charge >= 0.3 is 0 Å². The van der Waals surface area contributed by atoms with Crippen LogP contribution >= 0.6 is 12.6 Å². The summed E-state index contributed by atoms with van der Waals surface area (Å²) in [6.07, 6.45) is 0.596. The zero-order chi connectivity index (χ0) is 10.8. The number of aryl methyl sites for hydroxylation is 1. The SMILES string of the molecule is Cc1cccc(N2CC(CS)CC2=O)n1. The summed E-state index contributed by atoms with van der Waals surface area (Å²) >= 11 is 4.23. The molecule has 0 N–H and O–H groups in total. The molecule has 0 spiro atoms. The lowest BCUT2D eigenvalue weighted by Crippen LogP contribution is -2.25. The third-order valence-electron chi connectivity index (χ3n) is 2.61. The number of carbonyl (C=O) groups excluding carboxylic acids is 1. The number of hydrogen-bond acceptors (Lipinski definition) is 3. The molecule has 1 aromatic heterocycles. The van der Waals surface area contributed by atoms with Gasteiger partial charge in [0.05, 0.1) is 0 Å². The third kappa shape index (κ3) is 2.15. The Kier molecular flexibility index (Phi) is 2.95. The summed E-state index contributed by atoms with van der Waals surface area (Å²) in [5.41, 5.74) is 0.939. The number of carbonyl (C=O) groups is 1. The van der Waals surface area contributed by atoms with Crippen LogP contribution in [0, 0.1) is 12.8 Å². The Morgan fingerprint density at radius 2 is 2.40 bits per heavy atom. The maximum atomic E-state index is 11.7. The number of amides is 1. The maximum absolute atomic E-state index is 11.7. The van der Waals surface area contributed by atoms with E-state index in [-0.39, 0.29) is 5.91 Å². The molecule has 2 heterocycles. The highest BCUT2D eigenvalue weighted by Gasteiger charge is 2.30. The summed E-state index contributed by atoms with van der Waals surface area (Å²) in [4.78, 5) is 17.8. The standard InChI is InChI=1S/C11H14N2OS/c1-8-3-2-4-10(12-8)13-6-9(7-15)5-11(13)14/h2-4,9,15H,5-7H2,1H3. The molecule has 0 aromatic carbocycles. The highest BCUT2D eigenvalue weighted by atomic mass is 32.1. The van der Waals surface area contributed by atoms with Crippen molar-refractivity contribution in [3.05, 3.63) is 23.9 Å². The number of nitrogens with zero attached hydrogens (tertiary/aromatic N) is 2. The molecule has 0 saturated carbocycles. The van der Waals surface area contributed by atoms with Gasteiger partial charge in [0.15, 0.2) is 0 Å². The molecule has 3 nitrogen and oxygen atoms in total. The summed E-state index contributed by atoms with van der Waals surface area (Å²) < 4.78 is 0. The van der Waals surface area contributed by atoms with Gasteiger partial charge in [-0.15, -0.1) is 0 Å². The number of pyridine rings is 1. The van der Waals surface area contributed by atoms with Crippen LogP contribution in [0.25, 0.3) is 0 Å². The largest absolute Gasteiger partial charge is 0.296 e. The van der Waals surface area contributed by atoms with E-state index in [9.17, 15) is 4.79 Å². The predicted molar refractivity (Wildman–Crippen MR) is 63.3 cm³/mol. The second kappa shape index (κ2) is 4.23. The van der Waals surface area contributed by atoms with Crippen LogP contribution in [0.1, 0.15) is 12.1 Å². The number of anilines is 1. The normalized spacial score (nSPS) is 21.1. The van der Waals surface area contributed by atoms with Crippen LogP contribution in [0.5, 0.6) is 0 Å². The van der Waals surface area contributed by atoms with Crippen LogP contribution in [0.15, 0.2) is 18.2 Å². The van der Waals surface area contributed by atoms with Crippen molar-refractivity contribution in [2.24, 2.45) is 5.92 Å². The van der Waals surface area contributed by atoms with Crippen LogP contribution in [0.4, 0.5) is 5.82 Å². The van der Waals surface area contributed by atoms with Gasteiger partial charge in [0.1, 0.15) is 5.82 Å². The Hall–Kier alpha value is -1.03. The van der Waals surface area contributed by atoms with E-state index < -0.39 is 0 Å². The first-order valence-corrected chi connectivity index (χ1v) is 5.69. The van der Waals surface area contributed by atoms with Crippen molar-refractivity contribution in [1.29, 1.82) is 0 Å². The minimum Gasteiger partial charge on any atom is -0.296 e. The molecule has 1 aromatic rings. The topological polar surface area (TPSA) is 33.2 Å². The first kappa shape index (κ1) is 10.5. The Morgan fingerprint density at radius 3 is 3.00 bits per heavy atom. The first-order valence-electron chi connectivity index (χ1n) is 5.05. The molecule has 1 fully saturated rings. The van der Waals surface area contributed by atoms with E-state index in [1.807, 2.05) is 25.1 Å². The van der Waals surface area contributed by atoms with E-state index in [1.165, 1.54) is 0 Å². The van der Waals surface area contributed by atoms with Crippen molar-refractivity contribution < 1.29 is 4.79 Å². The molecular weight excluding hydrogens is 208 g/mol. The average Bonchev–Trinajstić information content (AvgIpc) is 2.60. The fourth-order valence-corrected chi connectivity index (χ4v) is 2.05. The van der Waals surface area contributed by atoms with Crippen molar-refractivity contribution >= 4 is 24.4 Å². The van der Waals surface area contributed by atoms with Crippen LogP contribution in [0.3, 0.4) is 0 Å². The van der Waals surface area contributed by atoms with E-state index in [1.54, 1.807) is 4.90 Å². The van der Waals surface area contributed by atoms with Gasteiger partial charge in [0, 0.05) is 18.7 Å². The van der Waals surface area contributed by atoms with Crippen LogP contribution in [0.2, 0.25) is 0 Å². The van der Waals surface area contributed by atoms with Crippen molar-refractivity contribution in [3.63, 3.8) is 0 Å². The summed E-state index contributed by atoms with van der Waals surface area (Å²) in [5.74, 6) is 2.05. The zero-order valence-electron chi connectivity index (χ0n) is 8.68. The van der Waals surface area contributed by atoms with E-state index in [0.29, 0.717) is 12.3 Å². The van der Waals surface area contributed by atoms with Crippen LogP contribution in [-0.2, 0) is 4.79 Å².